The molecule has 0 fully saturated rings. The second kappa shape index (κ2) is 10.2. The molecular weight excluding hydrogens is 409 g/mol. The molecule has 0 aliphatic heterocycles. The molecule has 158 valence electrons. The van der Waals surface area contributed by atoms with Crippen molar-refractivity contribution in [2.24, 2.45) is 0 Å². The molecule has 0 radical (unpaired) electrons. The lowest BCUT2D eigenvalue weighted by molar-refractivity contribution is -0.123. The topological polar surface area (TPSA) is 80.3 Å². The Hall–Kier alpha value is -2.93. The largest absolute Gasteiger partial charge is 0.484 e. The van der Waals surface area contributed by atoms with Gasteiger partial charge >= 0.3 is 0 Å². The summed E-state index contributed by atoms with van der Waals surface area (Å²) in [7, 11) is 0. The Morgan fingerprint density at radius 3 is 2.73 bits per heavy atom. The lowest BCUT2D eigenvalue weighted by Gasteiger charge is -2.16. The van der Waals surface area contributed by atoms with E-state index in [1.807, 2.05) is 6.07 Å². The first kappa shape index (κ1) is 21.8. The Morgan fingerprint density at radius 2 is 1.97 bits per heavy atom. The first-order valence-corrected chi connectivity index (χ1v) is 10.1. The summed E-state index contributed by atoms with van der Waals surface area (Å²) in [6.07, 6.45) is 6.39. The van der Waals surface area contributed by atoms with Crippen molar-refractivity contribution in [3.8, 4) is 5.75 Å². The SMILES string of the molecule is C=C(CCNC(=O)COc1ccc(Cl)c(F)c1)NC(=O)c1cc2c(cn1)CCCC2. The highest BCUT2D eigenvalue weighted by atomic mass is 35.5. The molecule has 6 nitrogen and oxygen atoms in total. The third kappa shape index (κ3) is 6.03. The van der Waals surface area contributed by atoms with Gasteiger partial charge in [0.1, 0.15) is 17.3 Å². The highest BCUT2D eigenvalue weighted by Crippen LogP contribution is 2.21. The summed E-state index contributed by atoms with van der Waals surface area (Å²) in [4.78, 5) is 28.5. The van der Waals surface area contributed by atoms with Crippen molar-refractivity contribution in [2.45, 2.75) is 32.1 Å². The first-order chi connectivity index (χ1) is 14.4. The summed E-state index contributed by atoms with van der Waals surface area (Å²) >= 11 is 5.60. The van der Waals surface area contributed by atoms with Crippen LogP contribution in [0.15, 0.2) is 42.7 Å². The molecule has 0 spiro atoms. The number of nitrogens with one attached hydrogen (secondary N) is 2. The van der Waals surface area contributed by atoms with Gasteiger partial charge in [-0.3, -0.25) is 14.6 Å². The van der Waals surface area contributed by atoms with Gasteiger partial charge in [-0.05, 0) is 55.0 Å². The normalized spacial score (nSPS) is 12.6. The molecule has 1 aromatic heterocycles. The predicted octanol–water partition coefficient (Wildman–Crippen LogP) is 3.58. The monoisotopic (exact) mass is 431 g/mol. The van der Waals surface area contributed by atoms with Crippen molar-refractivity contribution in [3.63, 3.8) is 0 Å². The van der Waals surface area contributed by atoms with E-state index in [-0.39, 0.29) is 35.7 Å². The van der Waals surface area contributed by atoms with Gasteiger partial charge in [0.25, 0.3) is 11.8 Å². The van der Waals surface area contributed by atoms with Crippen molar-refractivity contribution in [3.05, 3.63) is 70.4 Å². The van der Waals surface area contributed by atoms with Gasteiger partial charge in [0, 0.05) is 30.9 Å². The zero-order chi connectivity index (χ0) is 21.5. The standard InChI is InChI=1S/C22H23ClFN3O3/c1-14(27-22(29)20-10-15-4-2-3-5-16(15)12-26-20)8-9-25-21(28)13-30-17-6-7-18(23)19(24)11-17/h6-7,10-12H,1-5,8-9,13H2,(H,25,28)(H,27,29). The van der Waals surface area contributed by atoms with Crippen molar-refractivity contribution >= 4 is 23.4 Å². The number of carbonyl (C=O) groups is 2. The molecule has 1 heterocycles. The van der Waals surface area contributed by atoms with E-state index in [9.17, 15) is 14.0 Å². The second-order valence-corrected chi connectivity index (χ2v) is 7.47. The predicted molar refractivity (Wildman–Crippen MR) is 112 cm³/mol. The molecule has 0 unspecified atom stereocenters. The number of halogens is 2. The minimum atomic E-state index is -0.616. The molecule has 30 heavy (non-hydrogen) atoms. The van der Waals surface area contributed by atoms with Crippen LogP contribution in [0.5, 0.6) is 5.75 Å². The maximum absolute atomic E-state index is 13.3. The van der Waals surface area contributed by atoms with Crippen LogP contribution in [-0.4, -0.2) is 29.9 Å². The number of rotatable bonds is 8. The van der Waals surface area contributed by atoms with E-state index in [1.165, 1.54) is 23.3 Å². The zero-order valence-corrected chi connectivity index (χ0v) is 17.2. The zero-order valence-electron chi connectivity index (χ0n) is 16.5. The van der Waals surface area contributed by atoms with Gasteiger partial charge in [-0.25, -0.2) is 4.39 Å². The Balaban J connectivity index is 1.38. The number of amides is 2. The number of aryl methyl sites for hydroxylation is 2. The number of hydrogen-bond donors (Lipinski definition) is 2. The lowest BCUT2D eigenvalue weighted by Crippen LogP contribution is -2.31. The Labute approximate surface area is 179 Å². The van der Waals surface area contributed by atoms with E-state index < -0.39 is 5.82 Å². The van der Waals surface area contributed by atoms with Crippen LogP contribution in [0.25, 0.3) is 0 Å². The molecule has 0 saturated carbocycles. The quantitative estimate of drug-likeness (QED) is 0.669. The summed E-state index contributed by atoms with van der Waals surface area (Å²) in [6, 6.07) is 5.79. The smallest absolute Gasteiger partial charge is 0.273 e. The maximum atomic E-state index is 13.3. The van der Waals surface area contributed by atoms with Crippen molar-refractivity contribution in [2.75, 3.05) is 13.2 Å². The number of hydrogen-bond acceptors (Lipinski definition) is 4. The summed E-state index contributed by atoms with van der Waals surface area (Å²) in [6.45, 7) is 3.83. The molecule has 2 amide bonds. The Bertz CT molecular complexity index is 965. The van der Waals surface area contributed by atoms with Crippen LogP contribution >= 0.6 is 11.6 Å². The number of nitrogens with zero attached hydrogens (tertiary/aromatic N) is 1. The minimum absolute atomic E-state index is 0.0158. The van der Waals surface area contributed by atoms with E-state index in [2.05, 4.69) is 22.2 Å². The van der Waals surface area contributed by atoms with Crippen LogP contribution in [0.2, 0.25) is 5.02 Å². The van der Waals surface area contributed by atoms with Crippen LogP contribution in [0, 0.1) is 5.82 Å². The average molecular weight is 432 g/mol. The van der Waals surface area contributed by atoms with Gasteiger partial charge in [-0.1, -0.05) is 18.2 Å². The van der Waals surface area contributed by atoms with E-state index in [4.69, 9.17) is 16.3 Å². The van der Waals surface area contributed by atoms with E-state index in [1.54, 1.807) is 6.20 Å². The maximum Gasteiger partial charge on any atom is 0.273 e. The van der Waals surface area contributed by atoms with Crippen LogP contribution in [-0.2, 0) is 17.6 Å². The summed E-state index contributed by atoms with van der Waals surface area (Å²) in [5.41, 5.74) is 3.23. The van der Waals surface area contributed by atoms with E-state index in [0.717, 1.165) is 31.7 Å². The highest BCUT2D eigenvalue weighted by Gasteiger charge is 2.14. The number of carbonyl (C=O) groups excluding carboxylic acids is 2. The first-order valence-electron chi connectivity index (χ1n) is 9.74. The van der Waals surface area contributed by atoms with Gasteiger partial charge in [-0.15, -0.1) is 0 Å². The number of aromatic nitrogens is 1. The molecule has 1 aliphatic carbocycles. The minimum Gasteiger partial charge on any atom is -0.484 e. The van der Waals surface area contributed by atoms with Gasteiger partial charge in [0.2, 0.25) is 0 Å². The molecule has 2 N–H and O–H groups in total. The van der Waals surface area contributed by atoms with Crippen molar-refractivity contribution < 1.29 is 18.7 Å². The summed E-state index contributed by atoms with van der Waals surface area (Å²) in [5.74, 6) is -1.09. The molecule has 3 rings (SSSR count). The van der Waals surface area contributed by atoms with Gasteiger partial charge in [0.15, 0.2) is 6.61 Å². The van der Waals surface area contributed by atoms with Crippen molar-refractivity contribution in [1.82, 2.24) is 15.6 Å². The van der Waals surface area contributed by atoms with Gasteiger partial charge in [-0.2, -0.15) is 0 Å². The van der Waals surface area contributed by atoms with Crippen molar-refractivity contribution in [1.29, 1.82) is 0 Å². The fraction of sp³-hybridized carbons (Fsp3) is 0.318. The molecular formula is C22H23ClFN3O3. The third-order valence-corrected chi connectivity index (χ3v) is 5.06. The highest BCUT2D eigenvalue weighted by molar-refractivity contribution is 6.30. The summed E-state index contributed by atoms with van der Waals surface area (Å²) in [5, 5.41) is 5.35. The van der Waals surface area contributed by atoms with Gasteiger partial charge in [0.05, 0.1) is 5.02 Å². The molecule has 1 aromatic carbocycles. The lowest BCUT2D eigenvalue weighted by atomic mass is 9.93. The number of benzene rings is 1. The van der Waals surface area contributed by atoms with E-state index >= 15 is 0 Å². The van der Waals surface area contributed by atoms with E-state index in [0.29, 0.717) is 17.8 Å². The molecule has 0 saturated heterocycles. The summed E-state index contributed by atoms with van der Waals surface area (Å²) < 4.78 is 18.6. The average Bonchev–Trinajstić information content (AvgIpc) is 2.74. The third-order valence-electron chi connectivity index (χ3n) is 4.76. The van der Waals surface area contributed by atoms with Crippen LogP contribution in [0.4, 0.5) is 4.39 Å². The fourth-order valence-corrected chi connectivity index (χ4v) is 3.26. The number of ether oxygens (including phenoxy) is 1. The van der Waals surface area contributed by atoms with Gasteiger partial charge < -0.3 is 15.4 Å². The molecule has 0 bridgehead atoms. The molecule has 2 aromatic rings. The second-order valence-electron chi connectivity index (χ2n) is 7.07. The molecule has 0 atom stereocenters. The Kier molecular flexibility index (Phi) is 7.41. The molecule has 8 heteroatoms. The Morgan fingerprint density at radius 1 is 1.20 bits per heavy atom. The number of pyridine rings is 1. The van der Waals surface area contributed by atoms with Crippen LogP contribution in [0.3, 0.4) is 0 Å². The number of fused-ring (bicyclic) bond motifs is 1. The van der Waals surface area contributed by atoms with Crippen LogP contribution < -0.4 is 15.4 Å². The van der Waals surface area contributed by atoms with Crippen LogP contribution in [0.1, 0.15) is 40.9 Å². The fourth-order valence-electron chi connectivity index (χ4n) is 3.14. The molecule has 1 aliphatic rings.